The minimum atomic E-state index is -1.04. The highest BCUT2D eigenvalue weighted by atomic mass is 35.5. The van der Waals surface area contributed by atoms with Crippen LogP contribution >= 0.6 is 46.4 Å². The van der Waals surface area contributed by atoms with Gasteiger partial charge in [0.1, 0.15) is 0 Å². The lowest BCUT2D eigenvalue weighted by Crippen LogP contribution is -2.53. The summed E-state index contributed by atoms with van der Waals surface area (Å²) in [4.78, 5) is 35.8. The van der Waals surface area contributed by atoms with Crippen LogP contribution in [-0.2, 0) is 19.3 Å². The van der Waals surface area contributed by atoms with Crippen molar-refractivity contribution in [3.8, 4) is 0 Å². The molecule has 4 fully saturated rings. The number of carboxylic acids is 1. The lowest BCUT2D eigenvalue weighted by molar-refractivity contribution is -0.256. The summed E-state index contributed by atoms with van der Waals surface area (Å²) < 4.78 is 0. The van der Waals surface area contributed by atoms with Crippen molar-refractivity contribution >= 4 is 58.3 Å². The second-order valence-electron chi connectivity index (χ2n) is 14.3. The summed E-state index contributed by atoms with van der Waals surface area (Å²) in [6, 6.07) is 0.340. The number of hydroxylamine groups is 1. The Balaban J connectivity index is 1.24. The van der Waals surface area contributed by atoms with Crippen LogP contribution in [-0.4, -0.2) is 69.0 Å². The molecule has 0 heterocycles. The molecule has 0 aromatic rings. The van der Waals surface area contributed by atoms with E-state index in [4.69, 9.17) is 56.5 Å². The van der Waals surface area contributed by atoms with Gasteiger partial charge in [-0.2, -0.15) is 5.48 Å². The highest BCUT2D eigenvalue weighted by molar-refractivity contribution is 6.25. The molecule has 4 aliphatic rings. The Kier molecular flexibility index (Phi) is 15.2. The molecule has 260 valence electrons. The predicted molar refractivity (Wildman–Crippen MR) is 179 cm³/mol. The number of hydrogen-bond acceptors (Lipinski definition) is 6. The van der Waals surface area contributed by atoms with Crippen LogP contribution in [0.1, 0.15) is 97.3 Å². The third-order valence-corrected chi connectivity index (χ3v) is 13.7. The van der Waals surface area contributed by atoms with E-state index in [1.165, 1.54) is 12.8 Å². The van der Waals surface area contributed by atoms with Gasteiger partial charge in [0.05, 0.1) is 25.0 Å². The molecule has 0 aromatic heterocycles. The van der Waals surface area contributed by atoms with Gasteiger partial charge in [0.25, 0.3) is 0 Å². The van der Waals surface area contributed by atoms with E-state index in [1.807, 2.05) is 0 Å². The maximum atomic E-state index is 13.4. The fourth-order valence-electron chi connectivity index (χ4n) is 8.99. The molecule has 0 spiro atoms. The number of halogens is 4. The van der Waals surface area contributed by atoms with Crippen LogP contribution < -0.4 is 10.8 Å². The highest BCUT2D eigenvalue weighted by Crippen LogP contribution is 2.42. The van der Waals surface area contributed by atoms with Crippen molar-refractivity contribution in [3.05, 3.63) is 0 Å². The minimum absolute atomic E-state index is 0.0141. The first-order valence-corrected chi connectivity index (χ1v) is 19.0. The van der Waals surface area contributed by atoms with Crippen molar-refractivity contribution in [1.29, 1.82) is 0 Å². The van der Waals surface area contributed by atoms with Crippen molar-refractivity contribution in [2.24, 2.45) is 47.3 Å². The zero-order valence-corrected chi connectivity index (χ0v) is 29.8. The Hall–Kier alpha value is -0.0600. The van der Waals surface area contributed by atoms with E-state index < -0.39 is 28.6 Å². The number of amides is 1. The van der Waals surface area contributed by atoms with E-state index in [-0.39, 0.29) is 41.1 Å². The molecule has 1 amide bonds. The zero-order chi connectivity index (χ0) is 32.7. The van der Waals surface area contributed by atoms with Crippen molar-refractivity contribution in [2.75, 3.05) is 13.2 Å². The van der Waals surface area contributed by atoms with E-state index in [0.717, 1.165) is 57.8 Å². The topological polar surface area (TPSA) is 117 Å². The number of carbonyl (C=O) groups is 2. The SMILES string of the molecule is CCC1CC(CC2CCC(NC(=O)C3C(Cl)CCC(Cl)C3C(=O)O)C(CC)C2)CCC1NOCC1C(Cl)CCC(Cl)C1COO. The zero-order valence-electron chi connectivity index (χ0n) is 26.7. The molecule has 0 bridgehead atoms. The summed E-state index contributed by atoms with van der Waals surface area (Å²) in [6.07, 6.45) is 12.4. The number of carboxylic acid groups (broad SMARTS) is 1. The molecule has 4 N–H and O–H groups in total. The summed E-state index contributed by atoms with van der Waals surface area (Å²) in [5.74, 6) is -0.894. The van der Waals surface area contributed by atoms with Gasteiger partial charge in [-0.1, -0.05) is 26.7 Å². The first-order chi connectivity index (χ1) is 21.6. The van der Waals surface area contributed by atoms with Gasteiger partial charge in [0.2, 0.25) is 5.91 Å². The Morgan fingerprint density at radius 1 is 0.711 bits per heavy atom. The molecule has 4 rings (SSSR count). The second kappa shape index (κ2) is 18.1. The lowest BCUT2D eigenvalue weighted by atomic mass is 9.69. The molecular weight excluding hydrogens is 662 g/mol. The van der Waals surface area contributed by atoms with E-state index in [1.54, 1.807) is 0 Å². The molecule has 14 unspecified atom stereocenters. The van der Waals surface area contributed by atoms with E-state index in [9.17, 15) is 14.7 Å². The third-order valence-electron chi connectivity index (χ3n) is 11.7. The van der Waals surface area contributed by atoms with Gasteiger partial charge in [-0.05, 0) is 94.3 Å². The molecular formula is C33H54Cl4N2O6. The molecule has 14 atom stereocenters. The molecule has 0 aliphatic heterocycles. The van der Waals surface area contributed by atoms with Crippen molar-refractivity contribution in [3.63, 3.8) is 0 Å². The number of rotatable bonds is 13. The van der Waals surface area contributed by atoms with Crippen molar-refractivity contribution in [2.45, 2.75) is 131 Å². The van der Waals surface area contributed by atoms with E-state index >= 15 is 0 Å². The molecule has 4 saturated carbocycles. The van der Waals surface area contributed by atoms with E-state index in [0.29, 0.717) is 49.2 Å². The maximum absolute atomic E-state index is 13.4. The fraction of sp³-hybridized carbons (Fsp3) is 0.939. The second-order valence-corrected chi connectivity index (χ2v) is 16.6. The average molecular weight is 717 g/mol. The molecule has 0 saturated heterocycles. The number of nitrogens with one attached hydrogen (secondary N) is 2. The van der Waals surface area contributed by atoms with Crippen LogP contribution in [0, 0.1) is 47.3 Å². The number of aliphatic carboxylic acids is 1. The van der Waals surface area contributed by atoms with Gasteiger partial charge < -0.3 is 15.3 Å². The molecule has 45 heavy (non-hydrogen) atoms. The van der Waals surface area contributed by atoms with Crippen LogP contribution in [0.2, 0.25) is 0 Å². The number of hydrogen-bond donors (Lipinski definition) is 4. The van der Waals surface area contributed by atoms with Crippen molar-refractivity contribution < 1.29 is 29.7 Å². The lowest BCUT2D eigenvalue weighted by Gasteiger charge is -2.42. The van der Waals surface area contributed by atoms with Crippen LogP contribution in [0.5, 0.6) is 0 Å². The van der Waals surface area contributed by atoms with Gasteiger partial charge in [0.15, 0.2) is 0 Å². The number of alkyl halides is 4. The van der Waals surface area contributed by atoms with Crippen LogP contribution in [0.4, 0.5) is 0 Å². The normalized spacial score (nSPS) is 42.6. The highest BCUT2D eigenvalue weighted by Gasteiger charge is 2.47. The average Bonchev–Trinajstić information content (AvgIpc) is 3.02. The summed E-state index contributed by atoms with van der Waals surface area (Å²) in [7, 11) is 0. The Morgan fingerprint density at radius 3 is 1.78 bits per heavy atom. The first-order valence-electron chi connectivity index (χ1n) is 17.3. The largest absolute Gasteiger partial charge is 0.481 e. The number of carbonyl (C=O) groups excluding carboxylic acids is 1. The summed E-state index contributed by atoms with van der Waals surface area (Å²) in [6.45, 7) is 5.04. The smallest absolute Gasteiger partial charge is 0.308 e. The first kappa shape index (κ1) is 37.8. The Bertz CT molecular complexity index is 951. The Labute approximate surface area is 289 Å². The summed E-state index contributed by atoms with van der Waals surface area (Å²) >= 11 is 26.0. The monoisotopic (exact) mass is 714 g/mol. The van der Waals surface area contributed by atoms with Crippen LogP contribution in [0.15, 0.2) is 0 Å². The molecule has 4 aliphatic carbocycles. The van der Waals surface area contributed by atoms with Gasteiger partial charge in [-0.15, -0.1) is 46.4 Å². The predicted octanol–water partition coefficient (Wildman–Crippen LogP) is 7.46. The minimum Gasteiger partial charge on any atom is -0.481 e. The Morgan fingerprint density at radius 2 is 1.22 bits per heavy atom. The van der Waals surface area contributed by atoms with Crippen LogP contribution in [0.3, 0.4) is 0 Å². The van der Waals surface area contributed by atoms with Gasteiger partial charge in [-0.3, -0.25) is 14.8 Å². The molecule has 0 radical (unpaired) electrons. The van der Waals surface area contributed by atoms with E-state index in [2.05, 4.69) is 29.5 Å². The quantitative estimate of drug-likeness (QED) is 0.0889. The van der Waals surface area contributed by atoms with Crippen molar-refractivity contribution in [1.82, 2.24) is 10.8 Å². The standard InChI is InChI=1S/C33H54Cl4N2O6/c1-3-20-14-18(5-11-28(20)38-32(40)30-26(36)9-10-27(37)31(30)33(41)42)13-19-6-12-29(21(4-2)15-19)39-44-16-22-23(17-45-43)25(35)8-7-24(22)34/h18-31,39,43H,3-17H2,1-2H3,(H,38,40)(H,41,42). The maximum Gasteiger partial charge on any atom is 0.308 e. The van der Waals surface area contributed by atoms with Gasteiger partial charge in [-0.25, -0.2) is 4.89 Å². The molecule has 0 aromatic carbocycles. The molecule has 12 heteroatoms. The molecule has 8 nitrogen and oxygen atoms in total. The van der Waals surface area contributed by atoms with Gasteiger partial charge in [0, 0.05) is 45.4 Å². The fourth-order valence-corrected chi connectivity index (χ4v) is 10.5. The summed E-state index contributed by atoms with van der Waals surface area (Å²) in [5.41, 5.74) is 3.38. The van der Waals surface area contributed by atoms with Crippen LogP contribution in [0.25, 0.3) is 0 Å². The summed E-state index contributed by atoms with van der Waals surface area (Å²) in [5, 5.41) is 20.8. The third kappa shape index (κ3) is 9.77. The van der Waals surface area contributed by atoms with Gasteiger partial charge >= 0.3 is 5.97 Å².